The highest BCUT2D eigenvalue weighted by atomic mass is 16.5. The normalized spacial score (nSPS) is 23.1. The summed E-state index contributed by atoms with van der Waals surface area (Å²) in [6.07, 6.45) is 11.9. The molecule has 1 rings (SSSR count). The Morgan fingerprint density at radius 3 is 2.11 bits per heavy atom. The summed E-state index contributed by atoms with van der Waals surface area (Å²) in [5, 5.41) is 0. The number of carbonyl (C=O) groups is 1. The van der Waals surface area contributed by atoms with Crippen LogP contribution in [-0.2, 0) is 9.53 Å². The maximum absolute atomic E-state index is 11.2. The van der Waals surface area contributed by atoms with Gasteiger partial charge in [0.25, 0.3) is 0 Å². The Labute approximate surface area is 118 Å². The lowest BCUT2D eigenvalue weighted by Gasteiger charge is -2.28. The van der Waals surface area contributed by atoms with Crippen LogP contribution in [0.2, 0.25) is 0 Å². The zero-order valence-electron chi connectivity index (χ0n) is 12.7. The molecular formula is C17H30O2. The van der Waals surface area contributed by atoms with Crippen LogP contribution in [0.4, 0.5) is 0 Å². The van der Waals surface area contributed by atoms with Crippen LogP contribution in [0.15, 0.2) is 12.2 Å². The molecular weight excluding hydrogens is 236 g/mol. The first-order chi connectivity index (χ1) is 9.13. The van der Waals surface area contributed by atoms with Gasteiger partial charge in [0, 0.05) is 5.57 Å². The van der Waals surface area contributed by atoms with Crippen molar-refractivity contribution in [3.05, 3.63) is 12.2 Å². The summed E-state index contributed by atoms with van der Waals surface area (Å²) in [6.45, 7) is 8.11. The van der Waals surface area contributed by atoms with Crippen molar-refractivity contribution in [2.24, 2.45) is 11.8 Å². The van der Waals surface area contributed by atoms with E-state index in [9.17, 15) is 4.79 Å². The average molecular weight is 266 g/mol. The van der Waals surface area contributed by atoms with E-state index >= 15 is 0 Å². The van der Waals surface area contributed by atoms with E-state index in [4.69, 9.17) is 4.74 Å². The fourth-order valence-electron chi connectivity index (χ4n) is 2.96. The Hall–Kier alpha value is -0.790. The third-order valence-electron chi connectivity index (χ3n) is 4.27. The van der Waals surface area contributed by atoms with E-state index in [0.29, 0.717) is 12.2 Å². The van der Waals surface area contributed by atoms with Crippen LogP contribution in [0, 0.1) is 11.8 Å². The van der Waals surface area contributed by atoms with E-state index < -0.39 is 0 Å². The molecule has 1 aliphatic rings. The second kappa shape index (κ2) is 9.17. The quantitative estimate of drug-likeness (QED) is 0.355. The third-order valence-corrected chi connectivity index (χ3v) is 4.27. The monoisotopic (exact) mass is 266 g/mol. The number of esters is 1. The van der Waals surface area contributed by atoms with Crippen molar-refractivity contribution in [1.29, 1.82) is 0 Å². The molecule has 0 amide bonds. The zero-order chi connectivity index (χ0) is 14.1. The van der Waals surface area contributed by atoms with Gasteiger partial charge in [0.05, 0.1) is 6.61 Å². The molecule has 0 saturated heterocycles. The summed E-state index contributed by atoms with van der Waals surface area (Å²) >= 11 is 0. The van der Waals surface area contributed by atoms with Gasteiger partial charge >= 0.3 is 5.97 Å². The van der Waals surface area contributed by atoms with Crippen molar-refractivity contribution in [1.82, 2.24) is 0 Å². The van der Waals surface area contributed by atoms with Crippen LogP contribution in [0.5, 0.6) is 0 Å². The highest BCUT2D eigenvalue weighted by Crippen LogP contribution is 2.33. The maximum atomic E-state index is 11.2. The molecule has 1 saturated carbocycles. The molecule has 0 N–H and O–H groups in total. The Balaban J connectivity index is 2.03. The minimum atomic E-state index is -0.247. The van der Waals surface area contributed by atoms with Gasteiger partial charge in [0.15, 0.2) is 0 Å². The SMILES string of the molecule is C=C(C)C(=O)OCCCC1CCC(CCCC)CC1. The Morgan fingerprint density at radius 1 is 1.11 bits per heavy atom. The molecule has 19 heavy (non-hydrogen) atoms. The van der Waals surface area contributed by atoms with Gasteiger partial charge in [-0.1, -0.05) is 58.4 Å². The second-order valence-electron chi connectivity index (χ2n) is 6.09. The van der Waals surface area contributed by atoms with E-state index in [1.807, 2.05) is 0 Å². The third kappa shape index (κ3) is 6.79. The first-order valence-corrected chi connectivity index (χ1v) is 7.96. The lowest BCUT2D eigenvalue weighted by molar-refractivity contribution is -0.139. The van der Waals surface area contributed by atoms with Crippen LogP contribution in [0.3, 0.4) is 0 Å². The molecule has 0 atom stereocenters. The molecule has 0 aliphatic heterocycles. The first kappa shape index (κ1) is 16.3. The number of hydrogen-bond donors (Lipinski definition) is 0. The van der Waals surface area contributed by atoms with Crippen molar-refractivity contribution in [3.8, 4) is 0 Å². The summed E-state index contributed by atoms with van der Waals surface area (Å²) in [6, 6.07) is 0. The van der Waals surface area contributed by atoms with Crippen LogP contribution in [0.1, 0.15) is 71.6 Å². The average Bonchev–Trinajstić information content (AvgIpc) is 2.42. The number of rotatable bonds is 8. The summed E-state index contributed by atoms with van der Waals surface area (Å²) in [5.41, 5.74) is 0.497. The van der Waals surface area contributed by atoms with Crippen molar-refractivity contribution in [2.75, 3.05) is 6.61 Å². The van der Waals surface area contributed by atoms with Crippen LogP contribution in [0.25, 0.3) is 0 Å². The van der Waals surface area contributed by atoms with Crippen molar-refractivity contribution < 1.29 is 9.53 Å². The van der Waals surface area contributed by atoms with Crippen LogP contribution < -0.4 is 0 Å². The predicted octanol–water partition coefficient (Wildman–Crippen LogP) is 4.88. The fourth-order valence-corrected chi connectivity index (χ4v) is 2.96. The molecule has 1 fully saturated rings. The first-order valence-electron chi connectivity index (χ1n) is 7.96. The number of unbranched alkanes of at least 4 members (excludes halogenated alkanes) is 1. The van der Waals surface area contributed by atoms with Crippen molar-refractivity contribution >= 4 is 5.97 Å². The molecule has 0 unspecified atom stereocenters. The van der Waals surface area contributed by atoms with Gasteiger partial charge < -0.3 is 4.74 Å². The number of carbonyl (C=O) groups excluding carboxylic acids is 1. The summed E-state index contributed by atoms with van der Waals surface area (Å²) in [4.78, 5) is 11.2. The topological polar surface area (TPSA) is 26.3 Å². The van der Waals surface area contributed by atoms with E-state index in [-0.39, 0.29) is 5.97 Å². The van der Waals surface area contributed by atoms with E-state index in [1.54, 1.807) is 6.92 Å². The molecule has 0 bridgehead atoms. The van der Waals surface area contributed by atoms with Crippen molar-refractivity contribution in [3.63, 3.8) is 0 Å². The highest BCUT2D eigenvalue weighted by Gasteiger charge is 2.20. The Kier molecular flexibility index (Phi) is 7.85. The largest absolute Gasteiger partial charge is 0.462 e. The highest BCUT2D eigenvalue weighted by molar-refractivity contribution is 5.86. The molecule has 0 spiro atoms. The van der Waals surface area contributed by atoms with Gasteiger partial charge in [0.2, 0.25) is 0 Å². The maximum Gasteiger partial charge on any atom is 0.333 e. The minimum absolute atomic E-state index is 0.247. The molecule has 0 aromatic rings. The molecule has 0 aromatic heterocycles. The molecule has 0 heterocycles. The summed E-state index contributed by atoms with van der Waals surface area (Å²) in [7, 11) is 0. The van der Waals surface area contributed by atoms with Gasteiger partial charge in [-0.2, -0.15) is 0 Å². The molecule has 0 aromatic carbocycles. The number of ether oxygens (including phenoxy) is 1. The Bertz CT molecular complexity index is 275. The predicted molar refractivity (Wildman–Crippen MR) is 80.0 cm³/mol. The lowest BCUT2D eigenvalue weighted by atomic mass is 9.78. The van der Waals surface area contributed by atoms with E-state index in [2.05, 4.69) is 13.5 Å². The van der Waals surface area contributed by atoms with Gasteiger partial charge in [-0.05, 0) is 31.6 Å². The second-order valence-corrected chi connectivity index (χ2v) is 6.09. The van der Waals surface area contributed by atoms with E-state index in [0.717, 1.165) is 18.3 Å². The standard InChI is InChI=1S/C17H30O2/c1-4-5-7-15-9-11-16(12-10-15)8-6-13-19-17(18)14(2)3/h15-16H,2,4-13H2,1,3H3. The molecule has 0 radical (unpaired) electrons. The zero-order valence-corrected chi connectivity index (χ0v) is 12.7. The minimum Gasteiger partial charge on any atom is -0.462 e. The number of hydrogen-bond acceptors (Lipinski definition) is 2. The lowest BCUT2D eigenvalue weighted by Crippen LogP contribution is -2.15. The molecule has 2 heteroatoms. The molecule has 2 nitrogen and oxygen atoms in total. The Morgan fingerprint density at radius 2 is 1.63 bits per heavy atom. The van der Waals surface area contributed by atoms with Gasteiger partial charge in [0.1, 0.15) is 0 Å². The van der Waals surface area contributed by atoms with Gasteiger partial charge in [-0.3, -0.25) is 0 Å². The van der Waals surface area contributed by atoms with Crippen molar-refractivity contribution in [2.45, 2.75) is 71.6 Å². The van der Waals surface area contributed by atoms with Gasteiger partial charge in [-0.25, -0.2) is 4.79 Å². The van der Waals surface area contributed by atoms with E-state index in [1.165, 1.54) is 51.4 Å². The van der Waals surface area contributed by atoms with Crippen LogP contribution in [-0.4, -0.2) is 12.6 Å². The fraction of sp³-hybridized carbons (Fsp3) is 0.824. The summed E-state index contributed by atoms with van der Waals surface area (Å²) < 4.78 is 5.13. The molecule has 110 valence electrons. The smallest absolute Gasteiger partial charge is 0.333 e. The molecule has 1 aliphatic carbocycles. The van der Waals surface area contributed by atoms with Gasteiger partial charge in [-0.15, -0.1) is 0 Å². The van der Waals surface area contributed by atoms with Crippen LogP contribution >= 0.6 is 0 Å². The summed E-state index contributed by atoms with van der Waals surface area (Å²) in [5.74, 6) is 1.60.